The smallest absolute Gasteiger partial charge is 0.290 e. The van der Waals surface area contributed by atoms with Gasteiger partial charge >= 0.3 is 0 Å². The molecule has 2 aromatic heterocycles. The molecule has 8 nitrogen and oxygen atoms in total. The summed E-state index contributed by atoms with van der Waals surface area (Å²) in [5, 5.41) is 20.2. The van der Waals surface area contributed by atoms with Gasteiger partial charge in [0.05, 0.1) is 30.3 Å². The van der Waals surface area contributed by atoms with Gasteiger partial charge in [-0.1, -0.05) is 6.92 Å². The van der Waals surface area contributed by atoms with E-state index >= 15 is 0 Å². The molecule has 1 aliphatic rings. The molecule has 4 N–H and O–H groups in total. The molecule has 35 heavy (non-hydrogen) atoms. The average Bonchev–Trinajstić information content (AvgIpc) is 3.42. The Kier molecular flexibility index (Phi) is 6.70. The quantitative estimate of drug-likeness (QED) is 0.213. The lowest BCUT2D eigenvalue weighted by molar-refractivity contribution is -0.122. The average molecular weight is 478 g/mol. The lowest BCUT2D eigenvalue weighted by Gasteiger charge is -2.42. The fourth-order valence-corrected chi connectivity index (χ4v) is 4.67. The Bertz CT molecular complexity index is 1360. The third-order valence-corrected chi connectivity index (χ3v) is 6.59. The highest BCUT2D eigenvalue weighted by atomic mass is 19.1. The fraction of sp³-hybridized carbons (Fsp3) is 0.269. The van der Waals surface area contributed by atoms with E-state index in [-0.39, 0.29) is 17.7 Å². The van der Waals surface area contributed by atoms with Crippen molar-refractivity contribution in [2.45, 2.75) is 32.2 Å². The number of aromatic nitrogens is 3. The first kappa shape index (κ1) is 24.2. The summed E-state index contributed by atoms with van der Waals surface area (Å²) in [6.07, 6.45) is 6.11. The fourth-order valence-electron chi connectivity index (χ4n) is 4.67. The van der Waals surface area contributed by atoms with Gasteiger partial charge in [-0.15, -0.1) is 0 Å². The number of nitrogens with two attached hydrogens (primary N) is 1. The van der Waals surface area contributed by atoms with Crippen molar-refractivity contribution in [3.05, 3.63) is 65.9 Å². The van der Waals surface area contributed by atoms with Crippen molar-refractivity contribution >= 4 is 29.3 Å². The highest BCUT2D eigenvalue weighted by Crippen LogP contribution is 2.47. The summed E-state index contributed by atoms with van der Waals surface area (Å²) in [5.74, 6) is -0.280. The lowest BCUT2D eigenvalue weighted by atomic mass is 9.77. The van der Waals surface area contributed by atoms with Gasteiger partial charge in [0.25, 0.3) is 6.47 Å². The molecule has 0 spiro atoms. The summed E-state index contributed by atoms with van der Waals surface area (Å²) < 4.78 is 23.6. The number of ether oxygens (including phenoxy) is 1. The molecule has 0 amide bonds. The Labute approximate surface area is 202 Å². The van der Waals surface area contributed by atoms with Crippen molar-refractivity contribution in [3.8, 4) is 16.8 Å². The van der Waals surface area contributed by atoms with E-state index in [0.29, 0.717) is 24.5 Å². The molecule has 1 fully saturated rings. The van der Waals surface area contributed by atoms with Crippen LogP contribution < -0.4 is 5.73 Å². The van der Waals surface area contributed by atoms with E-state index in [1.165, 1.54) is 18.3 Å². The van der Waals surface area contributed by atoms with Crippen LogP contribution in [0.2, 0.25) is 0 Å². The third kappa shape index (κ3) is 4.08. The van der Waals surface area contributed by atoms with Crippen LogP contribution in [0, 0.1) is 11.2 Å². The summed E-state index contributed by atoms with van der Waals surface area (Å²) in [5.41, 5.74) is 12.3. The Morgan fingerprint density at radius 2 is 1.94 bits per heavy atom. The zero-order valence-electron chi connectivity index (χ0n) is 19.7. The van der Waals surface area contributed by atoms with E-state index < -0.39 is 0 Å². The highest BCUT2D eigenvalue weighted by Gasteiger charge is 2.44. The van der Waals surface area contributed by atoms with E-state index in [1.807, 2.05) is 23.0 Å². The number of carbonyl (C=O) groups is 1. The highest BCUT2D eigenvalue weighted by molar-refractivity contribution is 6.04. The van der Waals surface area contributed by atoms with Crippen molar-refractivity contribution in [2.24, 2.45) is 0 Å². The minimum atomic E-state index is -0.280. The van der Waals surface area contributed by atoms with Gasteiger partial charge in [0, 0.05) is 58.1 Å². The predicted octanol–water partition coefficient (Wildman–Crippen LogP) is 4.61. The Balaban J connectivity index is 0.000000917. The van der Waals surface area contributed by atoms with Crippen molar-refractivity contribution in [2.75, 3.05) is 18.9 Å². The Hall–Kier alpha value is -3.98. The maximum absolute atomic E-state index is 13.8. The molecule has 0 saturated carbocycles. The topological polar surface area (TPSA) is 119 Å². The number of nitrogens with one attached hydrogen (secondary N) is 1. The number of carboxylic acid groups (broad SMARTS) is 1. The van der Waals surface area contributed by atoms with Crippen molar-refractivity contribution in [3.63, 3.8) is 0 Å². The van der Waals surface area contributed by atoms with Crippen LogP contribution in [0.3, 0.4) is 0 Å². The molecule has 0 atom stereocenters. The van der Waals surface area contributed by atoms with E-state index in [4.69, 9.17) is 25.8 Å². The van der Waals surface area contributed by atoms with Crippen LogP contribution in [0.1, 0.15) is 31.5 Å². The molecule has 3 heterocycles. The monoisotopic (exact) mass is 477 g/mol. The normalized spacial score (nSPS) is 14.1. The molecule has 2 aromatic carbocycles. The van der Waals surface area contributed by atoms with Crippen LogP contribution in [0.15, 0.2) is 48.8 Å². The minimum absolute atomic E-state index is 0.184. The van der Waals surface area contributed by atoms with Crippen LogP contribution in [0.5, 0.6) is 0 Å². The van der Waals surface area contributed by atoms with Gasteiger partial charge in [0.2, 0.25) is 0 Å². The van der Waals surface area contributed by atoms with Crippen molar-refractivity contribution in [1.82, 2.24) is 14.3 Å². The minimum Gasteiger partial charge on any atom is -0.483 e. The maximum Gasteiger partial charge on any atom is 0.290 e. The zero-order valence-corrected chi connectivity index (χ0v) is 19.7. The second-order valence-corrected chi connectivity index (χ2v) is 8.49. The second-order valence-electron chi connectivity index (χ2n) is 8.49. The number of anilines is 1. The predicted molar refractivity (Wildman–Crippen MR) is 134 cm³/mol. The first-order valence-electron chi connectivity index (χ1n) is 11.4. The lowest BCUT2D eigenvalue weighted by Crippen LogP contribution is -2.47. The van der Waals surface area contributed by atoms with Crippen LogP contribution in [0.4, 0.5) is 10.1 Å². The van der Waals surface area contributed by atoms with E-state index in [1.54, 1.807) is 12.1 Å². The maximum atomic E-state index is 13.8. The van der Waals surface area contributed by atoms with E-state index in [2.05, 4.69) is 29.7 Å². The Morgan fingerprint density at radius 1 is 1.26 bits per heavy atom. The van der Waals surface area contributed by atoms with Crippen LogP contribution in [-0.2, 0) is 21.5 Å². The molecular weight excluding hydrogens is 449 g/mol. The number of nitrogen functional groups attached to an aromatic ring is 1. The molecule has 0 aliphatic carbocycles. The first-order chi connectivity index (χ1) is 16.9. The molecule has 4 aromatic rings. The van der Waals surface area contributed by atoms with Gasteiger partial charge in [-0.3, -0.25) is 9.48 Å². The zero-order chi connectivity index (χ0) is 25.2. The molecule has 1 aliphatic heterocycles. The molecule has 5 rings (SSSR count). The number of fused-ring (bicyclic) bond motifs is 1. The molecule has 0 bridgehead atoms. The Morgan fingerprint density at radius 3 is 2.46 bits per heavy atom. The summed E-state index contributed by atoms with van der Waals surface area (Å²) in [6, 6.07) is 10.4. The second kappa shape index (κ2) is 9.71. The number of hydrogen-bond acceptors (Lipinski definition) is 5. The van der Waals surface area contributed by atoms with Crippen LogP contribution >= 0.6 is 0 Å². The number of halogens is 1. The number of benzene rings is 2. The SMILES string of the molecule is CCn1cc(-c2c(C3(CC)COC3)n(-c3ccc(F)cc3)c3cc(C=N)c(N)cc23)cn1.O=CO. The van der Waals surface area contributed by atoms with Gasteiger partial charge in [-0.05, 0) is 49.7 Å². The standard InChI is InChI=1S/C25H26FN5O.CH2O2/c1-3-25(14-32-15-25)24-23(17-12-29-30(4-2)13-17)20-10-21(28)16(11-27)9-22(20)31(24)19-7-5-18(26)6-8-19;2-1-3/h5-13,27H,3-4,14-15,28H2,1-2H3;1H,(H,2,3). The number of rotatable bonds is 6. The largest absolute Gasteiger partial charge is 0.483 e. The van der Waals surface area contributed by atoms with Crippen LogP contribution in [0.25, 0.3) is 27.7 Å². The number of nitrogens with zero attached hydrogens (tertiary/aromatic N) is 3. The summed E-state index contributed by atoms with van der Waals surface area (Å²) >= 11 is 0. The summed E-state index contributed by atoms with van der Waals surface area (Å²) in [6.45, 7) is 5.98. The summed E-state index contributed by atoms with van der Waals surface area (Å²) in [7, 11) is 0. The molecule has 182 valence electrons. The van der Waals surface area contributed by atoms with Gasteiger partial charge in [-0.2, -0.15) is 5.10 Å². The van der Waals surface area contributed by atoms with Crippen LogP contribution in [-0.4, -0.2) is 45.4 Å². The van der Waals surface area contributed by atoms with Crippen molar-refractivity contribution in [1.29, 1.82) is 5.41 Å². The molecule has 0 unspecified atom stereocenters. The summed E-state index contributed by atoms with van der Waals surface area (Å²) in [4.78, 5) is 8.36. The van der Waals surface area contributed by atoms with Gasteiger partial charge in [0.15, 0.2) is 0 Å². The van der Waals surface area contributed by atoms with E-state index in [9.17, 15) is 4.39 Å². The number of hydrogen-bond donors (Lipinski definition) is 3. The van der Waals surface area contributed by atoms with E-state index in [0.717, 1.165) is 46.4 Å². The van der Waals surface area contributed by atoms with Gasteiger partial charge in [0.1, 0.15) is 5.82 Å². The molecule has 1 saturated heterocycles. The van der Waals surface area contributed by atoms with Crippen molar-refractivity contribution < 1.29 is 19.0 Å². The molecular formula is C26H28FN5O3. The molecule has 0 radical (unpaired) electrons. The number of aryl methyl sites for hydroxylation is 1. The molecule has 9 heteroatoms. The van der Waals surface area contributed by atoms with Gasteiger partial charge < -0.3 is 25.6 Å². The first-order valence-corrected chi connectivity index (χ1v) is 11.4. The third-order valence-electron chi connectivity index (χ3n) is 6.59. The van der Waals surface area contributed by atoms with Gasteiger partial charge in [-0.25, -0.2) is 4.39 Å².